The lowest BCUT2D eigenvalue weighted by Gasteiger charge is -2.09. The van der Waals surface area contributed by atoms with Crippen LogP contribution in [0.3, 0.4) is 0 Å². The van der Waals surface area contributed by atoms with Gasteiger partial charge >= 0.3 is 11.7 Å². The van der Waals surface area contributed by atoms with Gasteiger partial charge in [0.1, 0.15) is 5.75 Å². The van der Waals surface area contributed by atoms with Gasteiger partial charge in [0.2, 0.25) is 0 Å². The van der Waals surface area contributed by atoms with Gasteiger partial charge in [-0.2, -0.15) is 4.98 Å². The summed E-state index contributed by atoms with van der Waals surface area (Å²) in [5, 5.41) is 0. The molecule has 1 aromatic heterocycles. The predicted molar refractivity (Wildman–Crippen MR) is 65.8 cm³/mol. The summed E-state index contributed by atoms with van der Waals surface area (Å²) in [6, 6.07) is 7.34. The van der Waals surface area contributed by atoms with Gasteiger partial charge in [-0.3, -0.25) is 4.98 Å². The summed E-state index contributed by atoms with van der Waals surface area (Å²) in [5.41, 5.74) is 0.181. The lowest BCUT2D eigenvalue weighted by Crippen LogP contribution is -2.14. The molecule has 18 heavy (non-hydrogen) atoms. The second kappa shape index (κ2) is 5.31. The Morgan fingerprint density at radius 3 is 2.78 bits per heavy atom. The molecule has 1 N–H and O–H groups in total. The van der Waals surface area contributed by atoms with E-state index in [1.54, 1.807) is 0 Å². The summed E-state index contributed by atoms with van der Waals surface area (Å²) in [4.78, 5) is 21.6. The van der Waals surface area contributed by atoms with Crippen LogP contribution in [0.5, 0.6) is 11.8 Å². The number of aromatic nitrogens is 3. The van der Waals surface area contributed by atoms with Crippen molar-refractivity contribution in [1.29, 1.82) is 0 Å². The average Bonchev–Trinajstić information content (AvgIpc) is 2.39. The number of ether oxygens (including phenoxy) is 2. The molecule has 0 aliphatic carbocycles. The normalized spacial score (nSPS) is 10.1. The van der Waals surface area contributed by atoms with Gasteiger partial charge in [0.15, 0.2) is 5.82 Å². The van der Waals surface area contributed by atoms with Gasteiger partial charge in [-0.15, -0.1) is 4.98 Å². The second-order valence-corrected chi connectivity index (χ2v) is 3.42. The number of nitrogens with one attached hydrogen (secondary N) is 1. The molecular weight excluding hydrogens is 234 g/mol. The maximum absolute atomic E-state index is 11.4. The fourth-order valence-electron chi connectivity index (χ4n) is 1.53. The van der Waals surface area contributed by atoms with Crippen molar-refractivity contribution in [2.75, 3.05) is 13.7 Å². The summed E-state index contributed by atoms with van der Waals surface area (Å²) < 4.78 is 10.4. The second-order valence-electron chi connectivity index (χ2n) is 3.42. The minimum Gasteiger partial charge on any atom is -0.493 e. The zero-order chi connectivity index (χ0) is 13.0. The lowest BCUT2D eigenvalue weighted by molar-refractivity contribution is 0.341. The van der Waals surface area contributed by atoms with Crippen molar-refractivity contribution in [2.24, 2.45) is 0 Å². The molecule has 0 aliphatic rings. The van der Waals surface area contributed by atoms with E-state index in [1.165, 1.54) is 7.11 Å². The molecule has 1 aromatic carbocycles. The van der Waals surface area contributed by atoms with E-state index in [4.69, 9.17) is 9.47 Å². The lowest BCUT2D eigenvalue weighted by atomic mass is 10.2. The molecule has 0 atom stereocenters. The van der Waals surface area contributed by atoms with Crippen molar-refractivity contribution in [3.63, 3.8) is 0 Å². The first-order valence-corrected chi connectivity index (χ1v) is 5.49. The zero-order valence-corrected chi connectivity index (χ0v) is 10.1. The van der Waals surface area contributed by atoms with Crippen molar-refractivity contribution in [3.8, 4) is 23.1 Å². The van der Waals surface area contributed by atoms with Gasteiger partial charge in [-0.05, 0) is 19.1 Å². The number of hydrogen-bond donors (Lipinski definition) is 1. The molecular formula is C12H13N3O3. The van der Waals surface area contributed by atoms with Gasteiger partial charge in [0, 0.05) is 0 Å². The maximum Gasteiger partial charge on any atom is 0.351 e. The first kappa shape index (κ1) is 12.1. The van der Waals surface area contributed by atoms with Crippen molar-refractivity contribution in [3.05, 3.63) is 34.7 Å². The Bertz CT molecular complexity index is 595. The SMILES string of the molecule is CCOc1ccccc1-c1nc(OC)nc(=O)[nH]1. The molecule has 2 rings (SSSR count). The van der Waals surface area contributed by atoms with Crippen LogP contribution in [-0.2, 0) is 0 Å². The molecule has 0 aliphatic heterocycles. The molecule has 6 heteroatoms. The molecule has 0 amide bonds. The van der Waals surface area contributed by atoms with Gasteiger partial charge in [0.25, 0.3) is 0 Å². The number of nitrogens with zero attached hydrogens (tertiary/aromatic N) is 2. The summed E-state index contributed by atoms with van der Waals surface area (Å²) in [6.07, 6.45) is 0. The van der Waals surface area contributed by atoms with Gasteiger partial charge in [0.05, 0.1) is 19.3 Å². The molecule has 0 fully saturated rings. The van der Waals surface area contributed by atoms with E-state index in [0.29, 0.717) is 23.7 Å². The molecule has 2 aromatic rings. The third-order valence-electron chi connectivity index (χ3n) is 2.25. The van der Waals surface area contributed by atoms with E-state index in [1.807, 2.05) is 31.2 Å². The summed E-state index contributed by atoms with van der Waals surface area (Å²) >= 11 is 0. The van der Waals surface area contributed by atoms with Crippen molar-refractivity contribution in [1.82, 2.24) is 15.0 Å². The topological polar surface area (TPSA) is 77.1 Å². The van der Waals surface area contributed by atoms with Crippen LogP contribution in [0, 0.1) is 0 Å². The fraction of sp³-hybridized carbons (Fsp3) is 0.250. The highest BCUT2D eigenvalue weighted by atomic mass is 16.5. The Hall–Kier alpha value is -2.37. The first-order valence-electron chi connectivity index (χ1n) is 5.49. The highest BCUT2D eigenvalue weighted by Crippen LogP contribution is 2.26. The molecule has 1 heterocycles. The molecule has 0 radical (unpaired) electrons. The quantitative estimate of drug-likeness (QED) is 0.879. The number of methoxy groups -OCH3 is 1. The third-order valence-corrected chi connectivity index (χ3v) is 2.25. The molecule has 0 saturated heterocycles. The Balaban J connectivity index is 2.54. The van der Waals surface area contributed by atoms with Crippen LogP contribution >= 0.6 is 0 Å². The highest BCUT2D eigenvalue weighted by Gasteiger charge is 2.10. The third kappa shape index (κ3) is 2.48. The van der Waals surface area contributed by atoms with E-state index >= 15 is 0 Å². The van der Waals surface area contributed by atoms with Crippen LogP contribution < -0.4 is 15.2 Å². The van der Waals surface area contributed by atoms with Gasteiger partial charge < -0.3 is 9.47 Å². The number of para-hydroxylation sites is 1. The standard InChI is InChI=1S/C12H13N3O3/c1-3-18-9-7-5-4-6-8(9)10-13-11(16)15-12(14-10)17-2/h4-7H,3H2,1-2H3,(H,13,14,15,16). The number of H-pyrrole nitrogens is 1. The van der Waals surface area contributed by atoms with E-state index in [9.17, 15) is 4.79 Å². The summed E-state index contributed by atoms with van der Waals surface area (Å²) in [7, 11) is 1.41. The van der Waals surface area contributed by atoms with Gasteiger partial charge in [-0.25, -0.2) is 4.79 Å². The molecule has 0 spiro atoms. The largest absolute Gasteiger partial charge is 0.493 e. The highest BCUT2D eigenvalue weighted by molar-refractivity contribution is 5.63. The monoisotopic (exact) mass is 247 g/mol. The molecule has 0 bridgehead atoms. The van der Waals surface area contributed by atoms with Crippen LogP contribution in [0.4, 0.5) is 0 Å². The number of hydrogen-bond acceptors (Lipinski definition) is 5. The molecule has 94 valence electrons. The Morgan fingerprint density at radius 2 is 2.06 bits per heavy atom. The van der Waals surface area contributed by atoms with Crippen molar-refractivity contribution < 1.29 is 9.47 Å². The predicted octanol–water partition coefficient (Wildman–Crippen LogP) is 1.24. The maximum atomic E-state index is 11.4. The van der Waals surface area contributed by atoms with E-state index in [2.05, 4.69) is 15.0 Å². The van der Waals surface area contributed by atoms with E-state index in [-0.39, 0.29) is 6.01 Å². The molecule has 0 unspecified atom stereocenters. The molecule has 0 saturated carbocycles. The van der Waals surface area contributed by atoms with E-state index in [0.717, 1.165) is 0 Å². The average molecular weight is 247 g/mol. The number of aromatic amines is 1. The van der Waals surface area contributed by atoms with Crippen LogP contribution in [0.2, 0.25) is 0 Å². The summed E-state index contributed by atoms with van der Waals surface area (Å²) in [5.74, 6) is 1.02. The summed E-state index contributed by atoms with van der Waals surface area (Å²) in [6.45, 7) is 2.42. The first-order chi connectivity index (χ1) is 8.74. The van der Waals surface area contributed by atoms with Crippen LogP contribution in [0.15, 0.2) is 29.1 Å². The molecule has 6 nitrogen and oxygen atoms in total. The Labute approximate surface area is 104 Å². The minimum absolute atomic E-state index is 0.0278. The van der Waals surface area contributed by atoms with E-state index < -0.39 is 5.69 Å². The van der Waals surface area contributed by atoms with Crippen molar-refractivity contribution >= 4 is 0 Å². The van der Waals surface area contributed by atoms with Crippen LogP contribution in [0.1, 0.15) is 6.92 Å². The fourth-order valence-corrected chi connectivity index (χ4v) is 1.53. The number of benzene rings is 1. The zero-order valence-electron chi connectivity index (χ0n) is 10.1. The Morgan fingerprint density at radius 1 is 1.28 bits per heavy atom. The van der Waals surface area contributed by atoms with Crippen LogP contribution in [0.25, 0.3) is 11.4 Å². The van der Waals surface area contributed by atoms with Crippen molar-refractivity contribution in [2.45, 2.75) is 6.92 Å². The van der Waals surface area contributed by atoms with Gasteiger partial charge in [-0.1, -0.05) is 12.1 Å². The number of rotatable bonds is 4. The minimum atomic E-state index is -0.511. The Kier molecular flexibility index (Phi) is 3.57. The smallest absolute Gasteiger partial charge is 0.351 e. The van der Waals surface area contributed by atoms with Crippen LogP contribution in [-0.4, -0.2) is 28.7 Å².